The summed E-state index contributed by atoms with van der Waals surface area (Å²) < 4.78 is 4.30. The monoisotopic (exact) mass is 106 g/mol. The average molecular weight is 106 g/mol. The van der Waals surface area contributed by atoms with E-state index >= 15 is 0 Å². The number of hydrogen-bond donors (Lipinski definition) is 1. The lowest BCUT2D eigenvalue weighted by atomic mass is 11.0. The van der Waals surface area contributed by atoms with Gasteiger partial charge in [0.25, 0.3) is 5.95 Å². The minimum Gasteiger partial charge on any atom is -0.481 e. The zero-order valence-electron chi connectivity index (χ0n) is 3.51. The second kappa shape index (κ2) is 2.98. The van der Waals surface area contributed by atoms with Crippen LogP contribution in [-0.4, -0.2) is 12.2 Å². The summed E-state index contributed by atoms with van der Waals surface area (Å²) in [5, 5.41) is 8.28. The third-order valence-electron chi connectivity index (χ3n) is 0.352. The molecular formula is C3H7O2P. The first-order valence-electron chi connectivity index (χ1n) is 1.46. The van der Waals surface area contributed by atoms with E-state index in [1.165, 1.54) is 12.9 Å². The van der Waals surface area contributed by atoms with Gasteiger partial charge in [-0.25, -0.2) is 0 Å². The quantitative estimate of drug-likeness (QED) is 0.397. The predicted octanol–water partition coefficient (Wildman–Crippen LogP) is 0.865. The highest BCUT2D eigenvalue weighted by Crippen LogP contribution is 1.91. The summed E-state index contributed by atoms with van der Waals surface area (Å²) in [6, 6.07) is 0. The number of hydrogen-bond acceptors (Lipinski definition) is 2. The highest BCUT2D eigenvalue weighted by atomic mass is 31.0. The van der Waals surface area contributed by atoms with Gasteiger partial charge in [0.2, 0.25) is 0 Å². The topological polar surface area (TPSA) is 29.5 Å². The standard InChI is InChI=1S/C3H7O2P/c1-5-3(4)2-6/h2,4H,6H2,1H3/b3-2-. The molecule has 2 nitrogen and oxygen atoms in total. The molecule has 3 heteroatoms. The molecule has 0 aromatic carbocycles. The molecule has 0 aliphatic heterocycles. The Balaban J connectivity index is 3.22. The molecule has 0 amide bonds. The van der Waals surface area contributed by atoms with E-state index in [4.69, 9.17) is 5.11 Å². The van der Waals surface area contributed by atoms with Gasteiger partial charge in [-0.2, -0.15) is 0 Å². The minimum absolute atomic E-state index is 0.0694. The van der Waals surface area contributed by atoms with Crippen LogP contribution in [0.15, 0.2) is 11.8 Å². The Morgan fingerprint density at radius 1 is 2.00 bits per heavy atom. The molecule has 0 rings (SSSR count). The third kappa shape index (κ3) is 2.04. The van der Waals surface area contributed by atoms with Crippen molar-refractivity contribution in [1.82, 2.24) is 0 Å². The highest BCUT2D eigenvalue weighted by Gasteiger charge is 1.76. The van der Waals surface area contributed by atoms with Crippen LogP contribution in [0.4, 0.5) is 0 Å². The summed E-state index contributed by atoms with van der Waals surface area (Å²) in [5.74, 6) is 1.32. The molecule has 0 aliphatic rings. The van der Waals surface area contributed by atoms with E-state index in [9.17, 15) is 0 Å². The Morgan fingerprint density at radius 2 is 2.50 bits per heavy atom. The van der Waals surface area contributed by atoms with E-state index in [2.05, 4.69) is 14.0 Å². The van der Waals surface area contributed by atoms with Crippen LogP contribution in [0.25, 0.3) is 0 Å². The molecule has 0 radical (unpaired) electrons. The molecule has 0 saturated carbocycles. The van der Waals surface area contributed by atoms with Gasteiger partial charge in [0.15, 0.2) is 0 Å². The van der Waals surface area contributed by atoms with Crippen LogP contribution in [-0.2, 0) is 4.74 Å². The molecule has 0 fully saturated rings. The lowest BCUT2D eigenvalue weighted by molar-refractivity contribution is 0.137. The van der Waals surface area contributed by atoms with Crippen LogP contribution in [0.1, 0.15) is 0 Å². The van der Waals surface area contributed by atoms with Crippen molar-refractivity contribution in [2.45, 2.75) is 0 Å². The molecule has 0 aliphatic carbocycles. The largest absolute Gasteiger partial charge is 0.481 e. The van der Waals surface area contributed by atoms with Crippen molar-refractivity contribution < 1.29 is 9.84 Å². The second-order valence-electron chi connectivity index (χ2n) is 0.709. The molecule has 0 aromatic rings. The van der Waals surface area contributed by atoms with Crippen LogP contribution in [0.2, 0.25) is 0 Å². The Kier molecular flexibility index (Phi) is 2.87. The van der Waals surface area contributed by atoms with Crippen molar-refractivity contribution in [3.8, 4) is 0 Å². The van der Waals surface area contributed by atoms with Crippen LogP contribution in [0.3, 0.4) is 0 Å². The van der Waals surface area contributed by atoms with Gasteiger partial charge >= 0.3 is 0 Å². The molecule has 1 atom stereocenters. The van der Waals surface area contributed by atoms with Crippen LogP contribution >= 0.6 is 9.24 Å². The maximum atomic E-state index is 8.28. The SMILES string of the molecule is CO/C(O)=C\P. The smallest absolute Gasteiger partial charge is 0.276 e. The van der Waals surface area contributed by atoms with Crippen LogP contribution < -0.4 is 0 Å². The maximum Gasteiger partial charge on any atom is 0.276 e. The minimum atomic E-state index is -0.0694. The second-order valence-corrected chi connectivity index (χ2v) is 1.04. The Bertz CT molecular complexity index is 59.8. The summed E-state index contributed by atoms with van der Waals surface area (Å²) in [6.07, 6.45) is 0. The van der Waals surface area contributed by atoms with Crippen molar-refractivity contribution in [3.63, 3.8) is 0 Å². The predicted molar refractivity (Wildman–Crippen MR) is 27.4 cm³/mol. The van der Waals surface area contributed by atoms with Crippen LogP contribution in [0.5, 0.6) is 0 Å². The first-order valence-corrected chi connectivity index (χ1v) is 2.12. The molecule has 0 saturated heterocycles. The molecule has 0 spiro atoms. The Morgan fingerprint density at radius 3 is 2.50 bits per heavy atom. The molecule has 36 valence electrons. The number of aliphatic hydroxyl groups excluding tert-OH is 1. The molecule has 0 aromatic heterocycles. The lowest BCUT2D eigenvalue weighted by Gasteiger charge is -1.89. The molecule has 0 bridgehead atoms. The van der Waals surface area contributed by atoms with E-state index in [1.54, 1.807) is 0 Å². The fourth-order valence-electron chi connectivity index (χ4n) is 0.0680. The van der Waals surface area contributed by atoms with Gasteiger partial charge in [-0.15, -0.1) is 9.24 Å². The van der Waals surface area contributed by atoms with Crippen molar-refractivity contribution in [1.29, 1.82) is 0 Å². The number of rotatable bonds is 1. The Hall–Kier alpha value is -0.230. The molecular weight excluding hydrogens is 99.0 g/mol. The molecule has 6 heavy (non-hydrogen) atoms. The lowest BCUT2D eigenvalue weighted by Crippen LogP contribution is -1.77. The number of aliphatic hydroxyl groups is 1. The van der Waals surface area contributed by atoms with Gasteiger partial charge in [-0.05, 0) is 0 Å². The van der Waals surface area contributed by atoms with Crippen molar-refractivity contribution in [2.24, 2.45) is 0 Å². The summed E-state index contributed by atoms with van der Waals surface area (Å²) in [5.41, 5.74) is 0. The summed E-state index contributed by atoms with van der Waals surface area (Å²) >= 11 is 0. The average Bonchev–Trinajstić information content (AvgIpc) is 1.65. The highest BCUT2D eigenvalue weighted by molar-refractivity contribution is 7.20. The zero-order chi connectivity index (χ0) is 4.99. The van der Waals surface area contributed by atoms with Crippen molar-refractivity contribution >= 4 is 9.24 Å². The van der Waals surface area contributed by atoms with Gasteiger partial charge in [0.1, 0.15) is 0 Å². The van der Waals surface area contributed by atoms with Gasteiger partial charge in [-0.1, -0.05) is 0 Å². The van der Waals surface area contributed by atoms with E-state index in [0.717, 1.165) is 0 Å². The maximum absolute atomic E-state index is 8.28. The van der Waals surface area contributed by atoms with E-state index in [0.29, 0.717) is 0 Å². The first-order chi connectivity index (χ1) is 2.81. The van der Waals surface area contributed by atoms with E-state index in [1.807, 2.05) is 0 Å². The molecule has 0 heterocycles. The normalized spacial score (nSPS) is 11.3. The summed E-state index contributed by atoms with van der Waals surface area (Å²) in [6.45, 7) is 0. The molecule has 1 N–H and O–H groups in total. The van der Waals surface area contributed by atoms with Crippen LogP contribution in [0, 0.1) is 0 Å². The molecule has 1 unspecified atom stereocenters. The number of methoxy groups -OCH3 is 1. The summed E-state index contributed by atoms with van der Waals surface area (Å²) in [7, 11) is 3.60. The Labute approximate surface area is 39.0 Å². The number of ether oxygens (including phenoxy) is 1. The van der Waals surface area contributed by atoms with E-state index in [-0.39, 0.29) is 5.95 Å². The van der Waals surface area contributed by atoms with E-state index < -0.39 is 0 Å². The fourth-order valence-corrected chi connectivity index (χ4v) is 0.204. The van der Waals surface area contributed by atoms with Crippen molar-refractivity contribution in [2.75, 3.05) is 7.11 Å². The first kappa shape index (κ1) is 5.77. The summed E-state index contributed by atoms with van der Waals surface area (Å²) in [4.78, 5) is 0. The third-order valence-corrected chi connectivity index (χ3v) is 0.637. The van der Waals surface area contributed by atoms with Gasteiger partial charge < -0.3 is 9.84 Å². The van der Waals surface area contributed by atoms with Gasteiger partial charge in [-0.3, -0.25) is 0 Å². The van der Waals surface area contributed by atoms with Gasteiger partial charge in [0.05, 0.1) is 7.11 Å². The fraction of sp³-hybridized carbons (Fsp3) is 0.333. The zero-order valence-corrected chi connectivity index (χ0v) is 4.66. The van der Waals surface area contributed by atoms with Crippen molar-refractivity contribution in [3.05, 3.63) is 11.8 Å². The van der Waals surface area contributed by atoms with Gasteiger partial charge in [0, 0.05) is 5.82 Å².